The van der Waals surface area contributed by atoms with Gasteiger partial charge in [0.25, 0.3) is 0 Å². The largest absolute Gasteiger partial charge is 0.316 e. The smallest absolute Gasteiger partial charge is 0.0440 e. The summed E-state index contributed by atoms with van der Waals surface area (Å²) in [6.07, 6.45) is 2.41. The molecule has 1 aromatic rings. The predicted molar refractivity (Wildman–Crippen MR) is 63.5 cm³/mol. The molecule has 1 fully saturated rings. The number of hydrogen-bond acceptors (Lipinski definition) is 1. The Morgan fingerprint density at radius 2 is 2.33 bits per heavy atom. The molecule has 1 aliphatic carbocycles. The minimum absolute atomic E-state index is 0.456. The predicted octanol–water partition coefficient (Wildman–Crippen LogP) is 2.98. The Morgan fingerprint density at radius 1 is 1.47 bits per heavy atom. The van der Waals surface area contributed by atoms with Gasteiger partial charge in [0.2, 0.25) is 0 Å². The van der Waals surface area contributed by atoms with Gasteiger partial charge in [0.1, 0.15) is 0 Å². The molecule has 1 N–H and O–H groups in total. The van der Waals surface area contributed by atoms with Crippen LogP contribution in [-0.4, -0.2) is 13.1 Å². The van der Waals surface area contributed by atoms with Gasteiger partial charge in [-0.25, -0.2) is 0 Å². The molecule has 0 saturated carbocycles. The van der Waals surface area contributed by atoms with Crippen molar-refractivity contribution in [2.45, 2.75) is 25.7 Å². The summed E-state index contributed by atoms with van der Waals surface area (Å²) in [4.78, 5) is 0. The average Bonchev–Trinajstić information content (AvgIpc) is 2.60. The molecule has 0 radical (unpaired) electrons. The van der Waals surface area contributed by atoms with Crippen LogP contribution in [0.25, 0.3) is 0 Å². The zero-order chi connectivity index (χ0) is 10.5. The highest BCUT2D eigenvalue weighted by Crippen LogP contribution is 2.48. The molecule has 80 valence electrons. The van der Waals surface area contributed by atoms with Crippen LogP contribution in [0.4, 0.5) is 0 Å². The van der Waals surface area contributed by atoms with Gasteiger partial charge in [0.05, 0.1) is 0 Å². The second-order valence-corrected chi connectivity index (χ2v) is 5.55. The van der Waals surface area contributed by atoms with E-state index in [-0.39, 0.29) is 0 Å². The van der Waals surface area contributed by atoms with Gasteiger partial charge in [-0.15, -0.1) is 0 Å². The topological polar surface area (TPSA) is 12.0 Å². The van der Waals surface area contributed by atoms with Gasteiger partial charge in [-0.05, 0) is 35.4 Å². The first-order valence-corrected chi connectivity index (χ1v) is 6.06. The van der Waals surface area contributed by atoms with Gasteiger partial charge in [-0.3, -0.25) is 0 Å². The Kier molecular flexibility index (Phi) is 2.08. The van der Waals surface area contributed by atoms with E-state index in [1.54, 1.807) is 0 Å². The Hall–Kier alpha value is -0.530. The Bertz CT molecular complexity index is 402. The third-order valence-electron chi connectivity index (χ3n) is 4.20. The van der Waals surface area contributed by atoms with Crippen molar-refractivity contribution >= 4 is 11.6 Å². The zero-order valence-electron chi connectivity index (χ0n) is 9.02. The molecule has 1 aromatic carbocycles. The molecule has 2 aliphatic rings. The maximum Gasteiger partial charge on any atom is 0.0440 e. The first kappa shape index (κ1) is 9.68. The summed E-state index contributed by atoms with van der Waals surface area (Å²) in [5, 5.41) is 4.48. The summed E-state index contributed by atoms with van der Waals surface area (Å²) in [6, 6.07) is 6.37. The minimum atomic E-state index is 0.456. The molecule has 0 bridgehead atoms. The Labute approximate surface area is 95.8 Å². The molecule has 2 atom stereocenters. The number of halogens is 1. The summed E-state index contributed by atoms with van der Waals surface area (Å²) in [5.41, 5.74) is 3.34. The number of rotatable bonds is 0. The first-order valence-electron chi connectivity index (χ1n) is 5.69. The molecule has 1 aliphatic heterocycles. The van der Waals surface area contributed by atoms with Crippen molar-refractivity contribution in [2.24, 2.45) is 5.41 Å². The van der Waals surface area contributed by atoms with Crippen LogP contribution in [0.5, 0.6) is 0 Å². The molecule has 2 heteroatoms. The van der Waals surface area contributed by atoms with Crippen molar-refractivity contribution in [3.8, 4) is 0 Å². The summed E-state index contributed by atoms with van der Waals surface area (Å²) < 4.78 is 0. The standard InChI is InChI=1S/C13H16ClN/c1-13-6-5-10-9(3-2-4-12(10)14)11(13)7-15-8-13/h2-4,11,15H,5-8H2,1H3/t11-,13-/m0/s1. The van der Waals surface area contributed by atoms with Crippen LogP contribution < -0.4 is 5.32 Å². The van der Waals surface area contributed by atoms with Crippen molar-refractivity contribution in [1.29, 1.82) is 0 Å². The molecule has 3 rings (SSSR count). The average molecular weight is 222 g/mol. The summed E-state index contributed by atoms with van der Waals surface area (Å²) in [5.74, 6) is 0.667. The van der Waals surface area contributed by atoms with Crippen molar-refractivity contribution in [2.75, 3.05) is 13.1 Å². The third kappa shape index (κ3) is 1.33. The number of hydrogen-bond donors (Lipinski definition) is 1. The van der Waals surface area contributed by atoms with Crippen LogP contribution in [0.1, 0.15) is 30.4 Å². The van der Waals surface area contributed by atoms with Crippen molar-refractivity contribution in [1.82, 2.24) is 5.32 Å². The van der Waals surface area contributed by atoms with Gasteiger partial charge in [0.15, 0.2) is 0 Å². The van der Waals surface area contributed by atoms with E-state index in [0.29, 0.717) is 11.3 Å². The van der Waals surface area contributed by atoms with E-state index < -0.39 is 0 Å². The fourth-order valence-electron chi connectivity index (χ4n) is 3.20. The maximum atomic E-state index is 6.26. The molecule has 1 nitrogen and oxygen atoms in total. The second kappa shape index (κ2) is 3.23. The number of fused-ring (bicyclic) bond motifs is 3. The fraction of sp³-hybridized carbons (Fsp3) is 0.538. The summed E-state index contributed by atoms with van der Waals surface area (Å²) >= 11 is 6.26. The number of benzene rings is 1. The molecule has 0 amide bonds. The van der Waals surface area contributed by atoms with Crippen LogP contribution in [0.15, 0.2) is 18.2 Å². The van der Waals surface area contributed by atoms with Crippen molar-refractivity contribution in [3.05, 3.63) is 34.3 Å². The van der Waals surface area contributed by atoms with Gasteiger partial charge < -0.3 is 5.32 Å². The second-order valence-electron chi connectivity index (χ2n) is 5.15. The molecular weight excluding hydrogens is 206 g/mol. The molecule has 0 aromatic heterocycles. The van der Waals surface area contributed by atoms with Gasteiger partial charge in [-0.2, -0.15) is 0 Å². The Balaban J connectivity index is 2.13. The minimum Gasteiger partial charge on any atom is -0.316 e. The lowest BCUT2D eigenvalue weighted by Crippen LogP contribution is -2.30. The fourth-order valence-corrected chi connectivity index (χ4v) is 3.47. The zero-order valence-corrected chi connectivity index (χ0v) is 9.77. The van der Waals surface area contributed by atoms with E-state index in [9.17, 15) is 0 Å². The lowest BCUT2D eigenvalue weighted by molar-refractivity contribution is 0.277. The van der Waals surface area contributed by atoms with E-state index in [1.807, 2.05) is 6.07 Å². The van der Waals surface area contributed by atoms with E-state index >= 15 is 0 Å². The van der Waals surface area contributed by atoms with E-state index in [0.717, 1.165) is 24.5 Å². The van der Waals surface area contributed by atoms with Crippen LogP contribution in [0.3, 0.4) is 0 Å². The SMILES string of the molecule is C[C@@]12CCc3c(Cl)cccc3[C@@H]1CNC2. The number of nitrogens with one attached hydrogen (secondary N) is 1. The molecule has 0 unspecified atom stereocenters. The quantitative estimate of drug-likeness (QED) is 0.710. The monoisotopic (exact) mass is 221 g/mol. The lowest BCUT2D eigenvalue weighted by atomic mass is 9.67. The van der Waals surface area contributed by atoms with E-state index in [2.05, 4.69) is 24.4 Å². The van der Waals surface area contributed by atoms with Gasteiger partial charge in [0, 0.05) is 24.0 Å². The Morgan fingerprint density at radius 3 is 3.20 bits per heavy atom. The summed E-state index contributed by atoms with van der Waals surface area (Å²) in [7, 11) is 0. The lowest BCUT2D eigenvalue weighted by Gasteiger charge is -2.37. The van der Waals surface area contributed by atoms with Gasteiger partial charge >= 0.3 is 0 Å². The third-order valence-corrected chi connectivity index (χ3v) is 4.55. The van der Waals surface area contributed by atoms with Crippen LogP contribution in [0.2, 0.25) is 5.02 Å². The summed E-state index contributed by atoms with van der Waals surface area (Å²) in [6.45, 7) is 4.68. The highest BCUT2D eigenvalue weighted by molar-refractivity contribution is 6.31. The molecule has 15 heavy (non-hydrogen) atoms. The molecular formula is C13H16ClN. The highest BCUT2D eigenvalue weighted by atomic mass is 35.5. The maximum absolute atomic E-state index is 6.26. The molecule has 1 saturated heterocycles. The van der Waals surface area contributed by atoms with Crippen LogP contribution in [-0.2, 0) is 6.42 Å². The molecule has 0 spiro atoms. The van der Waals surface area contributed by atoms with E-state index in [1.165, 1.54) is 17.5 Å². The van der Waals surface area contributed by atoms with Gasteiger partial charge in [-0.1, -0.05) is 30.7 Å². The van der Waals surface area contributed by atoms with Crippen molar-refractivity contribution in [3.63, 3.8) is 0 Å². The van der Waals surface area contributed by atoms with Crippen LogP contribution >= 0.6 is 11.6 Å². The van der Waals surface area contributed by atoms with Crippen LogP contribution in [0, 0.1) is 5.41 Å². The van der Waals surface area contributed by atoms with Crippen molar-refractivity contribution < 1.29 is 0 Å². The normalized spacial score (nSPS) is 33.6. The first-order chi connectivity index (χ1) is 7.21. The highest BCUT2D eigenvalue weighted by Gasteiger charge is 2.43. The van der Waals surface area contributed by atoms with E-state index in [4.69, 9.17) is 11.6 Å². The molecule has 1 heterocycles.